The fraction of sp³-hybridized carbons (Fsp3) is 0.391. The van der Waals surface area contributed by atoms with Crippen LogP contribution in [0.5, 0.6) is 0 Å². The molecule has 168 valence electrons. The lowest BCUT2D eigenvalue weighted by Gasteiger charge is -2.33. The van der Waals surface area contributed by atoms with Crippen molar-refractivity contribution in [3.8, 4) is 11.1 Å². The molecule has 4 rings (SSSR count). The van der Waals surface area contributed by atoms with Crippen LogP contribution in [0.3, 0.4) is 0 Å². The Morgan fingerprint density at radius 3 is 2.91 bits per heavy atom. The molecule has 0 aliphatic carbocycles. The van der Waals surface area contributed by atoms with E-state index in [-0.39, 0.29) is 17.4 Å². The molecule has 9 heteroatoms. The van der Waals surface area contributed by atoms with Crippen LogP contribution in [0, 0.1) is 5.82 Å². The highest BCUT2D eigenvalue weighted by Crippen LogP contribution is 2.32. The van der Waals surface area contributed by atoms with E-state index in [1.54, 1.807) is 34.2 Å². The van der Waals surface area contributed by atoms with Crippen LogP contribution in [0.15, 0.2) is 41.1 Å². The molecule has 1 fully saturated rings. The van der Waals surface area contributed by atoms with Gasteiger partial charge in [0.25, 0.3) is 5.91 Å². The summed E-state index contributed by atoms with van der Waals surface area (Å²) in [5.74, 6) is 0.646. The summed E-state index contributed by atoms with van der Waals surface area (Å²) < 4.78 is 25.2. The van der Waals surface area contributed by atoms with E-state index >= 15 is 0 Å². The maximum absolute atomic E-state index is 13.9. The number of rotatable bonds is 6. The lowest BCUT2D eigenvalue weighted by Crippen LogP contribution is -2.42. The Balaban J connectivity index is 1.64. The Morgan fingerprint density at radius 1 is 1.31 bits per heavy atom. The lowest BCUT2D eigenvalue weighted by molar-refractivity contribution is -0.0247. The van der Waals surface area contributed by atoms with Crippen LogP contribution in [-0.4, -0.2) is 59.7 Å². The number of halogens is 1. The number of carbonyl (C=O) groups excluding carboxylic acids is 1. The van der Waals surface area contributed by atoms with Crippen molar-refractivity contribution in [2.75, 3.05) is 38.7 Å². The predicted molar refractivity (Wildman–Crippen MR) is 117 cm³/mol. The van der Waals surface area contributed by atoms with Crippen LogP contribution < -0.4 is 4.90 Å². The number of benzene rings is 1. The Hall–Kier alpha value is -3.33. The number of ether oxygens (including phenoxy) is 1. The topological polar surface area (TPSA) is 84.6 Å². The monoisotopic (exact) mass is 439 g/mol. The Labute approximate surface area is 186 Å². The highest BCUT2D eigenvalue weighted by molar-refractivity contribution is 5.92. The summed E-state index contributed by atoms with van der Waals surface area (Å²) >= 11 is 0. The van der Waals surface area contributed by atoms with Crippen molar-refractivity contribution in [2.24, 2.45) is 0 Å². The van der Waals surface area contributed by atoms with Crippen LogP contribution in [-0.2, 0) is 11.2 Å². The standard InChI is InChI=1S/C23H26FN5O3/c1-4-6-17-12-19(27-32-17)22(30)29-9-10-31-20(14-29)21-18(13-25-23(26-21)28(2)3)15-7-5-8-16(24)11-15/h5,7-8,11-13,20H,4,6,9-10,14H2,1-3H3/t20-/m0/s1. The van der Waals surface area contributed by atoms with Crippen molar-refractivity contribution in [1.82, 2.24) is 20.0 Å². The van der Waals surface area contributed by atoms with Gasteiger partial charge in [-0.3, -0.25) is 4.79 Å². The van der Waals surface area contributed by atoms with Gasteiger partial charge in [-0.25, -0.2) is 14.4 Å². The molecule has 1 aromatic carbocycles. The third-order valence-corrected chi connectivity index (χ3v) is 5.27. The molecule has 0 radical (unpaired) electrons. The van der Waals surface area contributed by atoms with Gasteiger partial charge in [0.15, 0.2) is 5.69 Å². The average Bonchev–Trinajstić information content (AvgIpc) is 3.27. The summed E-state index contributed by atoms with van der Waals surface area (Å²) in [5, 5.41) is 3.94. The molecule has 1 aliphatic heterocycles. The first-order valence-corrected chi connectivity index (χ1v) is 10.6. The fourth-order valence-electron chi connectivity index (χ4n) is 3.66. The number of amides is 1. The van der Waals surface area contributed by atoms with Gasteiger partial charge in [0.2, 0.25) is 5.95 Å². The minimum absolute atomic E-state index is 0.210. The van der Waals surface area contributed by atoms with Crippen LogP contribution in [0.4, 0.5) is 10.3 Å². The van der Waals surface area contributed by atoms with E-state index in [0.29, 0.717) is 48.2 Å². The van der Waals surface area contributed by atoms with E-state index in [2.05, 4.69) is 10.1 Å². The largest absolute Gasteiger partial charge is 0.368 e. The van der Waals surface area contributed by atoms with Gasteiger partial charge in [0.05, 0.1) is 18.8 Å². The van der Waals surface area contributed by atoms with Crippen molar-refractivity contribution >= 4 is 11.9 Å². The zero-order chi connectivity index (χ0) is 22.7. The zero-order valence-electron chi connectivity index (χ0n) is 18.4. The van der Waals surface area contributed by atoms with E-state index in [1.165, 1.54) is 12.1 Å². The van der Waals surface area contributed by atoms with E-state index in [4.69, 9.17) is 14.2 Å². The van der Waals surface area contributed by atoms with Gasteiger partial charge in [-0.15, -0.1) is 0 Å². The van der Waals surface area contributed by atoms with Gasteiger partial charge in [0.1, 0.15) is 17.7 Å². The van der Waals surface area contributed by atoms with Gasteiger partial charge in [-0.1, -0.05) is 24.2 Å². The molecular formula is C23H26FN5O3. The van der Waals surface area contributed by atoms with E-state index in [0.717, 1.165) is 12.8 Å². The molecule has 0 bridgehead atoms. The SMILES string of the molecule is CCCc1cc(C(=O)N2CCO[C@H](c3nc(N(C)C)ncc3-c3cccc(F)c3)C2)no1. The molecule has 3 aromatic rings. The molecule has 0 unspecified atom stereocenters. The number of morpholine rings is 1. The summed E-state index contributed by atoms with van der Waals surface area (Å²) in [6.07, 6.45) is 2.82. The summed E-state index contributed by atoms with van der Waals surface area (Å²) in [4.78, 5) is 25.6. The van der Waals surface area contributed by atoms with Crippen LogP contribution in [0.2, 0.25) is 0 Å². The number of aromatic nitrogens is 3. The first kappa shape index (κ1) is 21.9. The quantitative estimate of drug-likeness (QED) is 0.581. The molecule has 2 aromatic heterocycles. The number of anilines is 1. The number of nitrogens with zero attached hydrogens (tertiary/aromatic N) is 5. The first-order chi connectivity index (χ1) is 15.5. The summed E-state index contributed by atoms with van der Waals surface area (Å²) in [5.41, 5.74) is 2.22. The fourth-order valence-corrected chi connectivity index (χ4v) is 3.66. The summed E-state index contributed by atoms with van der Waals surface area (Å²) in [6.45, 7) is 3.11. The Bertz CT molecular complexity index is 1100. The molecule has 1 aliphatic rings. The van der Waals surface area contributed by atoms with Gasteiger partial charge in [-0.2, -0.15) is 0 Å². The smallest absolute Gasteiger partial charge is 0.276 e. The third kappa shape index (κ3) is 4.62. The first-order valence-electron chi connectivity index (χ1n) is 10.6. The molecule has 0 saturated carbocycles. The molecule has 1 amide bonds. The van der Waals surface area contributed by atoms with Gasteiger partial charge >= 0.3 is 0 Å². The molecule has 0 spiro atoms. The Kier molecular flexibility index (Phi) is 6.45. The van der Waals surface area contributed by atoms with Crippen molar-refractivity contribution < 1.29 is 18.4 Å². The molecule has 1 saturated heterocycles. The highest BCUT2D eigenvalue weighted by atomic mass is 19.1. The number of aryl methyl sites for hydroxylation is 1. The molecule has 3 heterocycles. The van der Waals surface area contributed by atoms with E-state index < -0.39 is 6.10 Å². The van der Waals surface area contributed by atoms with E-state index in [1.807, 2.05) is 21.0 Å². The molecule has 0 N–H and O–H groups in total. The second-order valence-corrected chi connectivity index (χ2v) is 7.91. The average molecular weight is 439 g/mol. The minimum Gasteiger partial charge on any atom is -0.368 e. The molecule has 1 atom stereocenters. The van der Waals surface area contributed by atoms with Crippen molar-refractivity contribution in [1.29, 1.82) is 0 Å². The number of hydrogen-bond acceptors (Lipinski definition) is 7. The highest BCUT2D eigenvalue weighted by Gasteiger charge is 2.31. The normalized spacial score (nSPS) is 16.2. The van der Waals surface area contributed by atoms with Crippen molar-refractivity contribution in [2.45, 2.75) is 25.9 Å². The van der Waals surface area contributed by atoms with Crippen LogP contribution in [0.25, 0.3) is 11.1 Å². The van der Waals surface area contributed by atoms with Gasteiger partial charge in [-0.05, 0) is 24.1 Å². The minimum atomic E-state index is -0.491. The zero-order valence-corrected chi connectivity index (χ0v) is 18.4. The van der Waals surface area contributed by atoms with Crippen molar-refractivity contribution in [3.05, 3.63) is 59.5 Å². The summed E-state index contributed by atoms with van der Waals surface area (Å²) in [6, 6.07) is 7.97. The maximum Gasteiger partial charge on any atom is 0.276 e. The molecule has 32 heavy (non-hydrogen) atoms. The predicted octanol–water partition coefficient (Wildman–Crippen LogP) is 3.50. The van der Waals surface area contributed by atoms with Crippen LogP contribution in [0.1, 0.15) is 41.4 Å². The second kappa shape index (κ2) is 9.44. The molecular weight excluding hydrogens is 413 g/mol. The lowest BCUT2D eigenvalue weighted by atomic mass is 10.0. The third-order valence-electron chi connectivity index (χ3n) is 5.27. The number of hydrogen-bond donors (Lipinski definition) is 0. The van der Waals surface area contributed by atoms with Gasteiger partial charge in [0, 0.05) is 44.9 Å². The van der Waals surface area contributed by atoms with Crippen LogP contribution >= 0.6 is 0 Å². The summed E-state index contributed by atoms with van der Waals surface area (Å²) in [7, 11) is 3.69. The van der Waals surface area contributed by atoms with E-state index in [9.17, 15) is 9.18 Å². The van der Waals surface area contributed by atoms with Gasteiger partial charge < -0.3 is 19.1 Å². The maximum atomic E-state index is 13.9. The number of carbonyl (C=O) groups is 1. The van der Waals surface area contributed by atoms with Crippen molar-refractivity contribution in [3.63, 3.8) is 0 Å². The molecule has 8 nitrogen and oxygen atoms in total. The Morgan fingerprint density at radius 2 is 2.16 bits per heavy atom. The second-order valence-electron chi connectivity index (χ2n) is 7.91.